The molecule has 0 radical (unpaired) electrons. The predicted octanol–water partition coefficient (Wildman–Crippen LogP) is 1.79. The Balaban J connectivity index is 1.90. The normalized spacial score (nSPS) is 20.9. The minimum Gasteiger partial charge on any atom is -0.392 e. The maximum atomic E-state index is 9.38. The molecule has 0 aliphatic heterocycles. The largest absolute Gasteiger partial charge is 0.392 e. The molecular formula is C14H21NO2. The zero-order valence-corrected chi connectivity index (χ0v) is 10.1. The molecule has 0 spiro atoms. The minimum atomic E-state index is -0.436. The number of fused-ring (bicyclic) bond motifs is 1. The summed E-state index contributed by atoms with van der Waals surface area (Å²) in [7, 11) is 0. The van der Waals surface area contributed by atoms with Gasteiger partial charge in [0.05, 0.1) is 12.2 Å². The van der Waals surface area contributed by atoms with Crippen molar-refractivity contribution in [2.24, 2.45) is 5.73 Å². The number of ether oxygens (including phenoxy) is 1. The topological polar surface area (TPSA) is 55.5 Å². The number of aliphatic hydroxyl groups is 1. The molecular weight excluding hydrogens is 214 g/mol. The van der Waals surface area contributed by atoms with Gasteiger partial charge in [-0.15, -0.1) is 0 Å². The van der Waals surface area contributed by atoms with Gasteiger partial charge in [-0.3, -0.25) is 0 Å². The molecule has 2 rings (SSSR count). The van der Waals surface area contributed by atoms with Gasteiger partial charge in [0.25, 0.3) is 0 Å². The van der Waals surface area contributed by atoms with Crippen LogP contribution >= 0.6 is 0 Å². The molecule has 0 saturated carbocycles. The Kier molecular flexibility index (Phi) is 4.54. The van der Waals surface area contributed by atoms with Gasteiger partial charge in [0, 0.05) is 13.2 Å². The maximum absolute atomic E-state index is 9.38. The fourth-order valence-corrected chi connectivity index (χ4v) is 2.35. The summed E-state index contributed by atoms with van der Waals surface area (Å²) in [5.74, 6) is 0. The van der Waals surface area contributed by atoms with Crippen molar-refractivity contribution in [3.05, 3.63) is 35.4 Å². The lowest BCUT2D eigenvalue weighted by Crippen LogP contribution is -2.22. The first-order valence-electron chi connectivity index (χ1n) is 6.39. The highest BCUT2D eigenvalue weighted by Gasteiger charge is 2.20. The molecule has 1 aromatic carbocycles. The second kappa shape index (κ2) is 6.15. The number of hydrogen-bond donors (Lipinski definition) is 2. The van der Waals surface area contributed by atoms with Gasteiger partial charge >= 0.3 is 0 Å². The van der Waals surface area contributed by atoms with Crippen LogP contribution in [0.2, 0.25) is 0 Å². The van der Waals surface area contributed by atoms with Crippen molar-refractivity contribution in [3.8, 4) is 0 Å². The third kappa shape index (κ3) is 3.28. The van der Waals surface area contributed by atoms with E-state index < -0.39 is 6.10 Å². The van der Waals surface area contributed by atoms with Crippen molar-refractivity contribution in [1.29, 1.82) is 0 Å². The molecule has 94 valence electrons. The Morgan fingerprint density at radius 2 is 2.24 bits per heavy atom. The van der Waals surface area contributed by atoms with Crippen LogP contribution in [0.3, 0.4) is 0 Å². The summed E-state index contributed by atoms with van der Waals surface area (Å²) >= 11 is 0. The van der Waals surface area contributed by atoms with Gasteiger partial charge in [-0.1, -0.05) is 24.3 Å². The van der Waals surface area contributed by atoms with Gasteiger partial charge in [0.1, 0.15) is 0 Å². The van der Waals surface area contributed by atoms with Crippen molar-refractivity contribution < 1.29 is 9.84 Å². The fourth-order valence-electron chi connectivity index (χ4n) is 2.35. The first-order chi connectivity index (χ1) is 8.31. The van der Waals surface area contributed by atoms with Crippen LogP contribution in [0.15, 0.2) is 24.3 Å². The van der Waals surface area contributed by atoms with Crippen LogP contribution in [-0.4, -0.2) is 24.4 Å². The van der Waals surface area contributed by atoms with E-state index in [0.717, 1.165) is 12.8 Å². The Bertz CT molecular complexity index is 354. The second-order valence-electron chi connectivity index (χ2n) is 4.63. The van der Waals surface area contributed by atoms with E-state index in [1.807, 2.05) is 0 Å². The summed E-state index contributed by atoms with van der Waals surface area (Å²) < 4.78 is 5.87. The fraction of sp³-hybridized carbons (Fsp3) is 0.571. The predicted molar refractivity (Wildman–Crippen MR) is 67.8 cm³/mol. The molecule has 1 aromatic rings. The number of aryl methyl sites for hydroxylation is 1. The van der Waals surface area contributed by atoms with Gasteiger partial charge < -0.3 is 15.6 Å². The quantitative estimate of drug-likeness (QED) is 0.818. The van der Waals surface area contributed by atoms with Crippen LogP contribution in [0.4, 0.5) is 0 Å². The molecule has 0 aromatic heterocycles. The van der Waals surface area contributed by atoms with Gasteiger partial charge in [0.2, 0.25) is 0 Å². The molecule has 0 amide bonds. The highest BCUT2D eigenvalue weighted by atomic mass is 16.5. The lowest BCUT2D eigenvalue weighted by Gasteiger charge is -2.26. The maximum Gasteiger partial charge on any atom is 0.0827 e. The van der Waals surface area contributed by atoms with Crippen LogP contribution < -0.4 is 5.73 Å². The molecule has 0 saturated heterocycles. The molecule has 2 unspecified atom stereocenters. The third-order valence-electron chi connectivity index (χ3n) is 3.36. The second-order valence-corrected chi connectivity index (χ2v) is 4.63. The lowest BCUT2D eigenvalue weighted by molar-refractivity contribution is 0.0198. The molecule has 0 bridgehead atoms. The number of nitrogens with two attached hydrogens (primary N) is 1. The van der Waals surface area contributed by atoms with E-state index in [1.54, 1.807) is 0 Å². The molecule has 17 heavy (non-hydrogen) atoms. The van der Waals surface area contributed by atoms with Crippen LogP contribution in [0.5, 0.6) is 0 Å². The molecule has 3 heteroatoms. The van der Waals surface area contributed by atoms with Crippen molar-refractivity contribution >= 4 is 0 Å². The van der Waals surface area contributed by atoms with E-state index in [0.29, 0.717) is 19.6 Å². The first-order valence-corrected chi connectivity index (χ1v) is 6.39. The lowest BCUT2D eigenvalue weighted by atomic mass is 9.89. The highest BCUT2D eigenvalue weighted by Crippen LogP contribution is 2.32. The Labute approximate surface area is 103 Å². The smallest absolute Gasteiger partial charge is 0.0827 e. The first kappa shape index (κ1) is 12.6. The summed E-state index contributed by atoms with van der Waals surface area (Å²) in [4.78, 5) is 0. The molecule has 0 heterocycles. The van der Waals surface area contributed by atoms with Gasteiger partial charge in [-0.05, 0) is 36.8 Å². The van der Waals surface area contributed by atoms with E-state index in [9.17, 15) is 5.11 Å². The summed E-state index contributed by atoms with van der Waals surface area (Å²) in [6.07, 6.45) is 3.80. The third-order valence-corrected chi connectivity index (χ3v) is 3.36. The number of aliphatic hydroxyl groups excluding tert-OH is 1. The summed E-state index contributed by atoms with van der Waals surface area (Å²) in [6.45, 7) is 0.891. The van der Waals surface area contributed by atoms with Gasteiger partial charge in [-0.2, -0.15) is 0 Å². The van der Waals surface area contributed by atoms with E-state index in [4.69, 9.17) is 10.5 Å². The van der Waals surface area contributed by atoms with Crippen molar-refractivity contribution in [1.82, 2.24) is 0 Å². The number of rotatable bonds is 5. The molecule has 3 nitrogen and oxygen atoms in total. The van der Waals surface area contributed by atoms with E-state index in [1.165, 1.54) is 17.5 Å². The molecule has 0 fully saturated rings. The van der Waals surface area contributed by atoms with Crippen molar-refractivity contribution in [3.63, 3.8) is 0 Å². The minimum absolute atomic E-state index is 0.199. The molecule has 3 N–H and O–H groups in total. The zero-order valence-electron chi connectivity index (χ0n) is 10.1. The Morgan fingerprint density at radius 3 is 3.06 bits per heavy atom. The number of benzene rings is 1. The monoisotopic (exact) mass is 235 g/mol. The summed E-state index contributed by atoms with van der Waals surface area (Å²) in [5, 5.41) is 9.38. The average molecular weight is 235 g/mol. The average Bonchev–Trinajstić information content (AvgIpc) is 2.39. The van der Waals surface area contributed by atoms with Gasteiger partial charge in [-0.25, -0.2) is 0 Å². The highest BCUT2D eigenvalue weighted by molar-refractivity contribution is 5.31. The van der Waals surface area contributed by atoms with Crippen LogP contribution in [-0.2, 0) is 11.2 Å². The molecule has 1 aliphatic rings. The SMILES string of the molecule is NCC(O)CCOC1CCCc2ccccc21. The number of hydrogen-bond acceptors (Lipinski definition) is 3. The summed E-state index contributed by atoms with van der Waals surface area (Å²) in [5.41, 5.74) is 8.09. The van der Waals surface area contributed by atoms with Crippen LogP contribution in [0.25, 0.3) is 0 Å². The van der Waals surface area contributed by atoms with E-state index in [2.05, 4.69) is 24.3 Å². The Morgan fingerprint density at radius 1 is 1.41 bits per heavy atom. The Hall–Kier alpha value is -0.900. The van der Waals surface area contributed by atoms with Gasteiger partial charge in [0.15, 0.2) is 0 Å². The van der Waals surface area contributed by atoms with E-state index >= 15 is 0 Å². The summed E-state index contributed by atoms with van der Waals surface area (Å²) in [6, 6.07) is 8.48. The van der Waals surface area contributed by atoms with Crippen molar-refractivity contribution in [2.45, 2.75) is 37.9 Å². The van der Waals surface area contributed by atoms with Crippen LogP contribution in [0.1, 0.15) is 36.5 Å². The van der Waals surface area contributed by atoms with E-state index in [-0.39, 0.29) is 6.10 Å². The van der Waals surface area contributed by atoms with Crippen molar-refractivity contribution in [2.75, 3.05) is 13.2 Å². The molecule has 2 atom stereocenters. The standard InChI is InChI=1S/C14H21NO2/c15-10-12(16)8-9-17-14-7-3-5-11-4-1-2-6-13(11)14/h1-2,4,6,12,14,16H,3,5,7-10,15H2. The van der Waals surface area contributed by atoms with Crippen LogP contribution in [0, 0.1) is 0 Å². The zero-order chi connectivity index (χ0) is 12.1. The molecule has 1 aliphatic carbocycles.